The summed E-state index contributed by atoms with van der Waals surface area (Å²) in [7, 11) is 0. The zero-order valence-corrected chi connectivity index (χ0v) is 7.83. The first-order chi connectivity index (χ1) is 5.20. The molecular weight excluding hydrogens is 184 g/mol. The molecule has 5 heteroatoms. The van der Waals surface area contributed by atoms with Crippen molar-refractivity contribution >= 4 is 0 Å². The van der Waals surface area contributed by atoms with Crippen LogP contribution in [-0.2, 0) is 19.2 Å². The molecule has 11 heavy (non-hydrogen) atoms. The zero-order valence-electron chi connectivity index (χ0n) is 6.27. The van der Waals surface area contributed by atoms with Gasteiger partial charge in [-0.05, 0) is 0 Å². The van der Waals surface area contributed by atoms with Crippen molar-refractivity contribution < 1.29 is 39.6 Å². The summed E-state index contributed by atoms with van der Waals surface area (Å²) >= 11 is -0.412. The third-order valence-corrected chi connectivity index (χ3v) is 3.55. The molecule has 4 nitrogen and oxygen atoms in total. The molecule has 0 saturated heterocycles. The van der Waals surface area contributed by atoms with Gasteiger partial charge in [0.05, 0.1) is 0 Å². The molecule has 0 bridgehead atoms. The second kappa shape index (κ2) is 7.22. The van der Waals surface area contributed by atoms with Gasteiger partial charge in [-0.3, -0.25) is 0 Å². The Bertz CT molecular complexity index is 80.7. The summed E-state index contributed by atoms with van der Waals surface area (Å²) in [5.74, 6) is 0. The summed E-state index contributed by atoms with van der Waals surface area (Å²) in [4.78, 5) is 0. The molecule has 2 atom stereocenters. The Balaban J connectivity index is 3.13. The summed E-state index contributed by atoms with van der Waals surface area (Å²) in [6.45, 7) is -0.419. The summed E-state index contributed by atoms with van der Waals surface area (Å²) < 4.78 is 1.18. The van der Waals surface area contributed by atoms with Gasteiger partial charge in [-0.2, -0.15) is 0 Å². The Morgan fingerprint density at radius 3 is 1.55 bits per heavy atom. The van der Waals surface area contributed by atoms with Gasteiger partial charge in [-0.1, -0.05) is 0 Å². The second-order valence-electron chi connectivity index (χ2n) is 2.33. The Hall–Kier alpha value is 0.554. The third-order valence-electron chi connectivity index (χ3n) is 1.18. The van der Waals surface area contributed by atoms with Crippen molar-refractivity contribution in [2.24, 2.45) is 0 Å². The molecule has 0 aromatic carbocycles. The van der Waals surface area contributed by atoms with E-state index in [2.05, 4.69) is 0 Å². The number of hydrogen-bond donors (Lipinski definition) is 4. The molecular formula is C6H14O4Ti. The van der Waals surface area contributed by atoms with E-state index in [9.17, 15) is 0 Å². The Morgan fingerprint density at radius 1 is 0.909 bits per heavy atom. The van der Waals surface area contributed by atoms with Crippen LogP contribution >= 0.6 is 0 Å². The molecule has 0 aromatic heterocycles. The quantitative estimate of drug-likeness (QED) is 0.396. The first kappa shape index (κ1) is 11.6. The van der Waals surface area contributed by atoms with Crippen molar-refractivity contribution in [2.75, 3.05) is 13.2 Å². The van der Waals surface area contributed by atoms with Gasteiger partial charge < -0.3 is 0 Å². The normalized spacial score (nSPS) is 16.0. The van der Waals surface area contributed by atoms with E-state index in [4.69, 9.17) is 20.4 Å². The van der Waals surface area contributed by atoms with Crippen LogP contribution < -0.4 is 0 Å². The van der Waals surface area contributed by atoms with Crippen LogP contribution in [0, 0.1) is 0 Å². The molecule has 0 aliphatic carbocycles. The van der Waals surface area contributed by atoms with Crippen LogP contribution in [0.4, 0.5) is 0 Å². The minimum absolute atomic E-state index is 0.210. The summed E-state index contributed by atoms with van der Waals surface area (Å²) in [6, 6.07) is 0. The molecule has 0 aliphatic rings. The topological polar surface area (TPSA) is 80.9 Å². The minimum atomic E-state index is -0.638. The number of hydrogen-bond acceptors (Lipinski definition) is 4. The average molecular weight is 198 g/mol. The van der Waals surface area contributed by atoms with Crippen LogP contribution in [0.2, 0.25) is 9.45 Å². The number of aliphatic hydroxyl groups is 4. The van der Waals surface area contributed by atoms with E-state index in [1.807, 2.05) is 0 Å². The van der Waals surface area contributed by atoms with Crippen LogP contribution in [0.25, 0.3) is 0 Å². The molecule has 4 N–H and O–H groups in total. The van der Waals surface area contributed by atoms with Gasteiger partial charge in [-0.25, -0.2) is 0 Å². The average Bonchev–Trinajstić information content (AvgIpc) is 2.04. The Labute approximate surface area is 74.8 Å². The standard InChI is InChI=1S/2C3H7O2.Ti/c2*1-3(5)2-4;/h2*3-5H,1-2H2;. The SMILES string of the molecule is OCC(O)[CH2][Ti][CH2]C(O)CO. The predicted octanol–water partition coefficient (Wildman–Crippen LogP) is -1.39. The maximum atomic E-state index is 8.88. The van der Waals surface area contributed by atoms with E-state index < -0.39 is 31.4 Å². The van der Waals surface area contributed by atoms with E-state index in [0.717, 1.165) is 0 Å². The fourth-order valence-electron chi connectivity index (χ4n) is 0.546. The summed E-state index contributed by atoms with van der Waals surface area (Å²) in [6.07, 6.45) is -1.28. The van der Waals surface area contributed by atoms with Crippen LogP contribution in [0.5, 0.6) is 0 Å². The fourth-order valence-corrected chi connectivity index (χ4v) is 2.25. The molecule has 66 valence electrons. The fraction of sp³-hybridized carbons (Fsp3) is 1.00. The maximum absolute atomic E-state index is 8.88. The van der Waals surface area contributed by atoms with Crippen LogP contribution in [0.15, 0.2) is 0 Å². The molecule has 0 amide bonds. The molecule has 0 aliphatic heterocycles. The van der Waals surface area contributed by atoms with Crippen LogP contribution in [0.1, 0.15) is 0 Å². The Kier molecular flexibility index (Phi) is 7.58. The predicted molar refractivity (Wildman–Crippen MR) is 35.8 cm³/mol. The molecule has 0 saturated carbocycles. The summed E-state index contributed by atoms with van der Waals surface area (Å²) in [5.41, 5.74) is 0. The van der Waals surface area contributed by atoms with E-state index in [1.54, 1.807) is 0 Å². The van der Waals surface area contributed by atoms with Crippen molar-refractivity contribution in [1.29, 1.82) is 0 Å². The van der Waals surface area contributed by atoms with Crippen LogP contribution in [0.3, 0.4) is 0 Å². The van der Waals surface area contributed by atoms with Crippen molar-refractivity contribution in [3.63, 3.8) is 0 Å². The molecule has 2 unspecified atom stereocenters. The third kappa shape index (κ3) is 6.93. The van der Waals surface area contributed by atoms with Crippen molar-refractivity contribution in [3.8, 4) is 0 Å². The molecule has 0 radical (unpaired) electrons. The number of aliphatic hydroxyl groups excluding tert-OH is 4. The van der Waals surface area contributed by atoms with Gasteiger partial charge in [-0.15, -0.1) is 0 Å². The first-order valence-corrected chi connectivity index (χ1v) is 5.70. The van der Waals surface area contributed by atoms with Crippen molar-refractivity contribution in [2.45, 2.75) is 21.7 Å². The van der Waals surface area contributed by atoms with E-state index in [0.29, 0.717) is 9.45 Å². The molecule has 0 rings (SSSR count). The molecule has 0 spiro atoms. The molecule has 0 heterocycles. The first-order valence-electron chi connectivity index (χ1n) is 3.49. The summed E-state index contributed by atoms with van der Waals surface area (Å²) in [5, 5.41) is 34.6. The van der Waals surface area contributed by atoms with Gasteiger partial charge >= 0.3 is 74.5 Å². The zero-order chi connectivity index (χ0) is 8.69. The van der Waals surface area contributed by atoms with Gasteiger partial charge in [0.2, 0.25) is 0 Å². The van der Waals surface area contributed by atoms with Crippen molar-refractivity contribution in [3.05, 3.63) is 0 Å². The van der Waals surface area contributed by atoms with E-state index in [1.165, 1.54) is 0 Å². The van der Waals surface area contributed by atoms with Gasteiger partial charge in [0.1, 0.15) is 0 Å². The van der Waals surface area contributed by atoms with E-state index in [-0.39, 0.29) is 13.2 Å². The monoisotopic (exact) mass is 198 g/mol. The molecule has 0 fully saturated rings. The van der Waals surface area contributed by atoms with Gasteiger partial charge in [0.25, 0.3) is 0 Å². The van der Waals surface area contributed by atoms with E-state index >= 15 is 0 Å². The molecule has 0 aromatic rings. The van der Waals surface area contributed by atoms with Gasteiger partial charge in [0.15, 0.2) is 0 Å². The van der Waals surface area contributed by atoms with Crippen molar-refractivity contribution in [1.82, 2.24) is 0 Å². The van der Waals surface area contributed by atoms with Crippen LogP contribution in [-0.4, -0.2) is 45.8 Å². The second-order valence-corrected chi connectivity index (χ2v) is 4.39. The van der Waals surface area contributed by atoms with Gasteiger partial charge in [0, 0.05) is 0 Å². The number of rotatable bonds is 6. The Morgan fingerprint density at radius 2 is 1.27 bits per heavy atom.